The lowest BCUT2D eigenvalue weighted by molar-refractivity contribution is -0.118. The summed E-state index contributed by atoms with van der Waals surface area (Å²) in [4.78, 5) is 17.7. The molecule has 2 heterocycles. The Bertz CT molecular complexity index is 572. The zero-order valence-corrected chi connectivity index (χ0v) is 8.18. The number of nitrogens with zero attached hydrogens (tertiary/aromatic N) is 2. The Kier molecular flexibility index (Phi) is 1.71. The van der Waals surface area contributed by atoms with Crippen LogP contribution in [-0.4, -0.2) is 23.9 Å². The van der Waals surface area contributed by atoms with E-state index in [1.807, 2.05) is 24.3 Å². The van der Waals surface area contributed by atoms with Gasteiger partial charge in [0.2, 0.25) is 0 Å². The number of carbonyl (C=O) groups is 1. The quantitative estimate of drug-likeness (QED) is 0.579. The van der Waals surface area contributed by atoms with Gasteiger partial charge in [0.05, 0.1) is 11.9 Å². The minimum Gasteiger partial charge on any atom is -0.358 e. The van der Waals surface area contributed by atoms with Gasteiger partial charge in [-0.05, 0) is 12.1 Å². The number of amides is 1. The molecule has 3 heteroatoms. The van der Waals surface area contributed by atoms with E-state index in [1.165, 1.54) is 0 Å². The first kappa shape index (κ1) is 8.41. The molecule has 15 heavy (non-hydrogen) atoms. The summed E-state index contributed by atoms with van der Waals surface area (Å²) in [5, 5.41) is 1.84. The van der Waals surface area contributed by atoms with E-state index in [1.54, 1.807) is 0 Å². The fraction of sp³-hybridized carbons (Fsp3) is 0.167. The minimum atomic E-state index is -0.0684. The Hall–Kier alpha value is -1.90. The summed E-state index contributed by atoms with van der Waals surface area (Å²) >= 11 is 0. The van der Waals surface area contributed by atoms with Crippen LogP contribution in [0.1, 0.15) is 0 Å². The highest BCUT2D eigenvalue weighted by Gasteiger charge is 2.18. The fourth-order valence-corrected chi connectivity index (χ4v) is 2.03. The maximum atomic E-state index is 11.5. The Morgan fingerprint density at radius 2 is 2.13 bits per heavy atom. The van der Waals surface area contributed by atoms with Gasteiger partial charge in [-0.3, -0.25) is 4.79 Å². The fourth-order valence-electron chi connectivity index (χ4n) is 2.03. The highest BCUT2D eigenvalue weighted by atomic mass is 16.1. The number of fused-ring (bicyclic) bond motifs is 2. The Labute approximate surface area is 87.0 Å². The van der Waals surface area contributed by atoms with E-state index in [0.29, 0.717) is 6.54 Å². The van der Waals surface area contributed by atoms with Crippen LogP contribution in [0.3, 0.4) is 0 Å². The topological polar surface area (TPSA) is 32.7 Å². The number of rotatable bonds is 0. The predicted molar refractivity (Wildman–Crippen MR) is 56.4 cm³/mol. The van der Waals surface area contributed by atoms with Gasteiger partial charge in [0, 0.05) is 17.5 Å². The normalized spacial score (nSPS) is 18.3. The molecule has 3 nitrogen and oxygen atoms in total. The van der Waals surface area contributed by atoms with Crippen LogP contribution in [0, 0.1) is 0 Å². The summed E-state index contributed by atoms with van der Waals surface area (Å²) in [6, 6.07) is 7.78. The van der Waals surface area contributed by atoms with Crippen LogP contribution >= 0.6 is 0 Å². The van der Waals surface area contributed by atoms with Crippen LogP contribution in [-0.2, 0) is 4.79 Å². The highest BCUT2D eigenvalue weighted by Crippen LogP contribution is 2.13. The monoisotopic (exact) mass is 198 g/mol. The van der Waals surface area contributed by atoms with Crippen molar-refractivity contribution in [2.24, 2.45) is 4.99 Å². The Morgan fingerprint density at radius 1 is 1.27 bits per heavy atom. The standard InChI is InChI=1S/C12H10N2O/c15-12-8-14-7-3-6-11(14)9-4-1-2-5-10(9)13-12/h1-6H,7-8H2. The van der Waals surface area contributed by atoms with Crippen molar-refractivity contribution < 1.29 is 4.79 Å². The van der Waals surface area contributed by atoms with Crippen LogP contribution in [0.4, 0.5) is 0 Å². The highest BCUT2D eigenvalue weighted by molar-refractivity contribution is 5.82. The van der Waals surface area contributed by atoms with E-state index in [4.69, 9.17) is 0 Å². The Balaban J connectivity index is 2.44. The molecular formula is C12H10N2O. The summed E-state index contributed by atoms with van der Waals surface area (Å²) in [6.07, 6.45) is 4.14. The van der Waals surface area contributed by atoms with E-state index >= 15 is 0 Å². The van der Waals surface area contributed by atoms with Crippen molar-refractivity contribution in [1.29, 1.82) is 0 Å². The van der Waals surface area contributed by atoms with E-state index in [9.17, 15) is 4.79 Å². The molecule has 2 aliphatic heterocycles. The molecule has 0 saturated carbocycles. The van der Waals surface area contributed by atoms with Crippen molar-refractivity contribution in [3.63, 3.8) is 0 Å². The zero-order valence-electron chi connectivity index (χ0n) is 8.18. The molecule has 1 aromatic carbocycles. The maximum absolute atomic E-state index is 11.5. The molecule has 1 amide bonds. The third kappa shape index (κ3) is 1.28. The smallest absolute Gasteiger partial charge is 0.265 e. The third-order valence-electron chi connectivity index (χ3n) is 2.69. The molecule has 0 unspecified atom stereocenters. The van der Waals surface area contributed by atoms with E-state index in [0.717, 1.165) is 22.8 Å². The van der Waals surface area contributed by atoms with Gasteiger partial charge in [-0.15, -0.1) is 0 Å². The van der Waals surface area contributed by atoms with Gasteiger partial charge in [0.1, 0.15) is 0 Å². The van der Waals surface area contributed by atoms with Crippen LogP contribution in [0.25, 0.3) is 5.70 Å². The molecule has 0 saturated heterocycles. The lowest BCUT2D eigenvalue weighted by Gasteiger charge is -2.15. The maximum Gasteiger partial charge on any atom is 0.265 e. The van der Waals surface area contributed by atoms with Crippen molar-refractivity contribution in [1.82, 2.24) is 4.90 Å². The summed E-state index contributed by atoms with van der Waals surface area (Å²) in [7, 11) is 0. The van der Waals surface area contributed by atoms with Crippen molar-refractivity contribution in [3.05, 3.63) is 47.0 Å². The summed E-state index contributed by atoms with van der Waals surface area (Å²) in [5.74, 6) is -0.0684. The average Bonchev–Trinajstić information content (AvgIpc) is 2.62. The summed E-state index contributed by atoms with van der Waals surface area (Å²) < 4.78 is 0. The minimum absolute atomic E-state index is 0.0684. The molecule has 0 radical (unpaired) electrons. The van der Waals surface area contributed by atoms with Gasteiger partial charge in [-0.25, -0.2) is 4.99 Å². The third-order valence-corrected chi connectivity index (χ3v) is 2.69. The molecule has 0 fully saturated rings. The lowest BCUT2D eigenvalue weighted by atomic mass is 10.2. The van der Waals surface area contributed by atoms with Crippen LogP contribution < -0.4 is 10.6 Å². The molecule has 0 N–H and O–H groups in total. The van der Waals surface area contributed by atoms with E-state index < -0.39 is 0 Å². The molecule has 3 rings (SSSR count). The first-order valence-electron chi connectivity index (χ1n) is 4.97. The van der Waals surface area contributed by atoms with Gasteiger partial charge >= 0.3 is 0 Å². The SMILES string of the molecule is O=C1CN2CC=CC2=c2ccccc2=N1. The molecule has 0 atom stereocenters. The molecule has 1 aromatic rings. The van der Waals surface area contributed by atoms with Crippen LogP contribution in [0.15, 0.2) is 41.4 Å². The molecule has 74 valence electrons. The van der Waals surface area contributed by atoms with Crippen LogP contribution in [0.2, 0.25) is 0 Å². The largest absolute Gasteiger partial charge is 0.358 e. The van der Waals surface area contributed by atoms with Crippen molar-refractivity contribution >= 4 is 11.6 Å². The number of hydrogen-bond acceptors (Lipinski definition) is 2. The van der Waals surface area contributed by atoms with Crippen LogP contribution in [0.5, 0.6) is 0 Å². The summed E-state index contributed by atoms with van der Waals surface area (Å²) in [5.41, 5.74) is 1.11. The van der Waals surface area contributed by atoms with E-state index in [2.05, 4.69) is 22.0 Å². The van der Waals surface area contributed by atoms with Gasteiger partial charge < -0.3 is 4.90 Å². The summed E-state index contributed by atoms with van der Waals surface area (Å²) in [6.45, 7) is 1.20. The second-order valence-electron chi connectivity index (χ2n) is 3.69. The van der Waals surface area contributed by atoms with Gasteiger partial charge in [0.15, 0.2) is 0 Å². The second kappa shape index (κ2) is 3.05. The molecule has 0 aromatic heterocycles. The zero-order chi connectivity index (χ0) is 10.3. The van der Waals surface area contributed by atoms with Crippen molar-refractivity contribution in [2.75, 3.05) is 13.1 Å². The van der Waals surface area contributed by atoms with Crippen molar-refractivity contribution in [3.8, 4) is 0 Å². The van der Waals surface area contributed by atoms with Gasteiger partial charge in [-0.1, -0.05) is 24.3 Å². The predicted octanol–water partition coefficient (Wildman–Crippen LogP) is -0.174. The van der Waals surface area contributed by atoms with E-state index in [-0.39, 0.29) is 5.91 Å². The van der Waals surface area contributed by atoms with Gasteiger partial charge in [0.25, 0.3) is 5.91 Å². The second-order valence-corrected chi connectivity index (χ2v) is 3.69. The molecule has 0 bridgehead atoms. The number of hydrogen-bond donors (Lipinski definition) is 0. The van der Waals surface area contributed by atoms with Gasteiger partial charge in [-0.2, -0.15) is 0 Å². The number of para-hydroxylation sites is 1. The molecule has 0 spiro atoms. The first-order valence-corrected chi connectivity index (χ1v) is 4.97. The first-order chi connectivity index (χ1) is 7.34. The lowest BCUT2D eigenvalue weighted by Crippen LogP contribution is -2.29. The molecule has 2 aliphatic rings. The average molecular weight is 198 g/mol. The molecule has 0 aliphatic carbocycles. The number of benzene rings is 1. The Morgan fingerprint density at radius 3 is 3.07 bits per heavy atom. The molecular weight excluding hydrogens is 188 g/mol. The van der Waals surface area contributed by atoms with Crippen molar-refractivity contribution in [2.45, 2.75) is 0 Å². The number of carbonyl (C=O) groups excluding carboxylic acids is 1.